The van der Waals surface area contributed by atoms with Crippen LogP contribution in [0.5, 0.6) is 5.75 Å². The van der Waals surface area contributed by atoms with Gasteiger partial charge in [0.2, 0.25) is 0 Å². The fourth-order valence-corrected chi connectivity index (χ4v) is 2.17. The van der Waals surface area contributed by atoms with Crippen molar-refractivity contribution in [2.75, 3.05) is 6.61 Å². The van der Waals surface area contributed by atoms with Gasteiger partial charge in [0.05, 0.1) is 12.8 Å². The van der Waals surface area contributed by atoms with Gasteiger partial charge in [-0.2, -0.15) is 0 Å². The summed E-state index contributed by atoms with van der Waals surface area (Å²) in [5.74, 6) is 0.928. The predicted molar refractivity (Wildman–Crippen MR) is 61.3 cm³/mol. The summed E-state index contributed by atoms with van der Waals surface area (Å²) in [5, 5.41) is 0. The van der Waals surface area contributed by atoms with E-state index in [0.29, 0.717) is 0 Å². The highest BCUT2D eigenvalue weighted by molar-refractivity contribution is 5.30. The van der Waals surface area contributed by atoms with Crippen molar-refractivity contribution in [1.29, 1.82) is 0 Å². The summed E-state index contributed by atoms with van der Waals surface area (Å²) in [6, 6.07) is 2.18. The van der Waals surface area contributed by atoms with Gasteiger partial charge in [0.15, 0.2) is 0 Å². The minimum Gasteiger partial charge on any atom is -0.492 e. The topological polar surface area (TPSA) is 22.1 Å². The van der Waals surface area contributed by atoms with E-state index in [0.717, 1.165) is 18.8 Å². The third-order valence-corrected chi connectivity index (χ3v) is 2.96. The van der Waals surface area contributed by atoms with Crippen molar-refractivity contribution in [3.63, 3.8) is 0 Å². The summed E-state index contributed by atoms with van der Waals surface area (Å²) in [5.41, 5.74) is 2.69. The van der Waals surface area contributed by atoms with Crippen molar-refractivity contribution >= 4 is 0 Å². The van der Waals surface area contributed by atoms with Gasteiger partial charge in [-0.25, -0.2) is 0 Å². The van der Waals surface area contributed by atoms with Crippen LogP contribution in [0, 0.1) is 0 Å². The molecular formula is C13H19NO. The largest absolute Gasteiger partial charge is 0.492 e. The first-order valence-electron chi connectivity index (χ1n) is 6.00. The van der Waals surface area contributed by atoms with E-state index in [1.54, 1.807) is 0 Å². The second-order valence-electron chi connectivity index (χ2n) is 4.12. The first-order chi connectivity index (χ1) is 7.40. The van der Waals surface area contributed by atoms with Gasteiger partial charge >= 0.3 is 0 Å². The van der Waals surface area contributed by atoms with Crippen molar-refractivity contribution in [2.24, 2.45) is 0 Å². The third kappa shape index (κ3) is 2.71. The maximum Gasteiger partial charge on any atom is 0.137 e. The molecule has 0 saturated carbocycles. The molecule has 0 aromatic carbocycles. The van der Waals surface area contributed by atoms with E-state index in [1.807, 2.05) is 13.1 Å². The summed E-state index contributed by atoms with van der Waals surface area (Å²) in [6.45, 7) is 2.73. The average molecular weight is 205 g/mol. The van der Waals surface area contributed by atoms with Crippen LogP contribution in [-0.2, 0) is 12.8 Å². The number of ether oxygens (including phenoxy) is 1. The van der Waals surface area contributed by atoms with E-state index in [2.05, 4.69) is 11.1 Å². The molecule has 2 heteroatoms. The Bertz CT molecular complexity index is 322. The molecule has 0 saturated heterocycles. The zero-order valence-electron chi connectivity index (χ0n) is 9.46. The Morgan fingerprint density at radius 1 is 1.20 bits per heavy atom. The van der Waals surface area contributed by atoms with Gasteiger partial charge in [-0.15, -0.1) is 0 Å². The second kappa shape index (κ2) is 5.15. The molecule has 1 aliphatic rings. The molecule has 0 amide bonds. The Kier molecular flexibility index (Phi) is 3.59. The van der Waals surface area contributed by atoms with Gasteiger partial charge in [-0.05, 0) is 44.2 Å². The fourth-order valence-electron chi connectivity index (χ4n) is 2.17. The van der Waals surface area contributed by atoms with E-state index < -0.39 is 0 Å². The van der Waals surface area contributed by atoms with Gasteiger partial charge in [-0.1, -0.05) is 12.8 Å². The molecular weight excluding hydrogens is 186 g/mol. The van der Waals surface area contributed by atoms with E-state index in [-0.39, 0.29) is 0 Å². The molecule has 0 atom stereocenters. The highest BCUT2D eigenvalue weighted by atomic mass is 16.5. The number of rotatable bonds is 2. The maximum absolute atomic E-state index is 5.48. The van der Waals surface area contributed by atoms with Crippen LogP contribution < -0.4 is 4.74 Å². The van der Waals surface area contributed by atoms with Crippen molar-refractivity contribution in [3.8, 4) is 5.75 Å². The minimum atomic E-state index is 0.723. The molecule has 0 aliphatic heterocycles. The molecule has 0 fully saturated rings. The molecule has 1 aromatic heterocycles. The first-order valence-corrected chi connectivity index (χ1v) is 6.00. The Morgan fingerprint density at radius 3 is 2.80 bits per heavy atom. The molecule has 0 N–H and O–H groups in total. The van der Waals surface area contributed by atoms with Crippen LogP contribution in [-0.4, -0.2) is 11.6 Å². The van der Waals surface area contributed by atoms with Crippen LogP contribution in [0.15, 0.2) is 12.3 Å². The highest BCUT2D eigenvalue weighted by Crippen LogP contribution is 2.22. The Labute approximate surface area is 91.7 Å². The summed E-state index contributed by atoms with van der Waals surface area (Å²) < 4.78 is 5.48. The molecule has 0 spiro atoms. The van der Waals surface area contributed by atoms with Gasteiger partial charge in [0.25, 0.3) is 0 Å². The summed E-state index contributed by atoms with van der Waals surface area (Å²) in [7, 11) is 0. The third-order valence-electron chi connectivity index (χ3n) is 2.96. The lowest BCUT2D eigenvalue weighted by Gasteiger charge is -2.13. The lowest BCUT2D eigenvalue weighted by Crippen LogP contribution is -2.03. The molecule has 82 valence electrons. The average Bonchev–Trinajstić information content (AvgIpc) is 2.20. The van der Waals surface area contributed by atoms with Crippen LogP contribution >= 0.6 is 0 Å². The molecule has 1 aliphatic carbocycles. The van der Waals surface area contributed by atoms with E-state index in [9.17, 15) is 0 Å². The first kappa shape index (κ1) is 10.5. The van der Waals surface area contributed by atoms with Crippen LogP contribution in [0.25, 0.3) is 0 Å². The summed E-state index contributed by atoms with van der Waals surface area (Å²) in [6.07, 6.45) is 9.47. The number of pyridine rings is 1. The second-order valence-corrected chi connectivity index (χ2v) is 4.12. The molecule has 0 radical (unpaired) electrons. The molecule has 0 unspecified atom stereocenters. The lowest BCUT2D eigenvalue weighted by molar-refractivity contribution is 0.338. The summed E-state index contributed by atoms with van der Waals surface area (Å²) >= 11 is 0. The maximum atomic E-state index is 5.48. The van der Waals surface area contributed by atoms with Crippen molar-refractivity contribution in [3.05, 3.63) is 23.5 Å². The zero-order chi connectivity index (χ0) is 10.5. The standard InChI is InChI=1S/C13H19NO/c1-2-15-12-9-11-7-5-3-4-6-8-13(11)14-10-12/h9-10H,2-8H2,1H3. The van der Waals surface area contributed by atoms with Gasteiger partial charge in [0.1, 0.15) is 5.75 Å². The highest BCUT2D eigenvalue weighted by Gasteiger charge is 2.09. The number of aromatic nitrogens is 1. The van der Waals surface area contributed by atoms with Crippen molar-refractivity contribution in [2.45, 2.75) is 45.4 Å². The molecule has 2 nitrogen and oxygen atoms in total. The van der Waals surface area contributed by atoms with Gasteiger partial charge in [0, 0.05) is 5.69 Å². The van der Waals surface area contributed by atoms with Crippen molar-refractivity contribution < 1.29 is 4.74 Å². The normalized spacial score (nSPS) is 16.3. The lowest BCUT2D eigenvalue weighted by atomic mass is 9.97. The number of hydrogen-bond acceptors (Lipinski definition) is 2. The van der Waals surface area contributed by atoms with Crippen LogP contribution in [0.3, 0.4) is 0 Å². The molecule has 2 rings (SSSR count). The molecule has 15 heavy (non-hydrogen) atoms. The zero-order valence-corrected chi connectivity index (χ0v) is 9.46. The van der Waals surface area contributed by atoms with E-state index >= 15 is 0 Å². The summed E-state index contributed by atoms with van der Waals surface area (Å²) in [4.78, 5) is 4.51. The quantitative estimate of drug-likeness (QED) is 0.740. The molecule has 1 heterocycles. The SMILES string of the molecule is CCOc1cnc2c(c1)CCCCCC2. The minimum absolute atomic E-state index is 0.723. The number of aryl methyl sites for hydroxylation is 2. The molecule has 0 bridgehead atoms. The molecule has 1 aromatic rings. The Balaban J connectivity index is 2.19. The number of nitrogens with zero attached hydrogens (tertiary/aromatic N) is 1. The van der Waals surface area contributed by atoms with Crippen LogP contribution in [0.2, 0.25) is 0 Å². The Morgan fingerprint density at radius 2 is 2.00 bits per heavy atom. The number of hydrogen-bond donors (Lipinski definition) is 0. The number of fused-ring (bicyclic) bond motifs is 1. The van der Waals surface area contributed by atoms with Gasteiger partial charge < -0.3 is 4.74 Å². The van der Waals surface area contributed by atoms with E-state index in [4.69, 9.17) is 4.74 Å². The van der Waals surface area contributed by atoms with Gasteiger partial charge in [-0.3, -0.25) is 4.98 Å². The van der Waals surface area contributed by atoms with E-state index in [1.165, 1.54) is 43.4 Å². The van der Waals surface area contributed by atoms with Crippen LogP contribution in [0.1, 0.15) is 43.9 Å². The Hall–Kier alpha value is -1.05. The van der Waals surface area contributed by atoms with Crippen LogP contribution in [0.4, 0.5) is 0 Å². The smallest absolute Gasteiger partial charge is 0.137 e. The monoisotopic (exact) mass is 205 g/mol. The fraction of sp³-hybridized carbons (Fsp3) is 0.615. The van der Waals surface area contributed by atoms with Crippen molar-refractivity contribution in [1.82, 2.24) is 4.98 Å². The predicted octanol–water partition coefficient (Wildman–Crippen LogP) is 3.14.